The van der Waals surface area contributed by atoms with E-state index in [1.807, 2.05) is 55.5 Å². The number of carbonyl (C=O) groups is 1. The van der Waals surface area contributed by atoms with E-state index in [0.29, 0.717) is 45.9 Å². The number of halogens is 2. The number of ether oxygens (including phenoxy) is 2. The number of hydrogen-bond donors (Lipinski definition) is 0. The molecule has 38 heavy (non-hydrogen) atoms. The Bertz CT molecular complexity index is 1610. The molecule has 190 valence electrons. The van der Waals surface area contributed by atoms with E-state index in [1.54, 1.807) is 54.6 Å². The van der Waals surface area contributed by atoms with Crippen LogP contribution < -0.4 is 4.74 Å². The predicted molar refractivity (Wildman–Crippen MR) is 153 cm³/mol. The lowest BCUT2D eigenvalue weighted by molar-refractivity contribution is 0.0693. The summed E-state index contributed by atoms with van der Waals surface area (Å²) in [7, 11) is 0. The molecule has 4 aromatic carbocycles. The van der Waals surface area contributed by atoms with E-state index in [2.05, 4.69) is 4.57 Å². The molecule has 0 amide bonds. The third-order valence-corrected chi connectivity index (χ3v) is 6.53. The second-order valence-corrected chi connectivity index (χ2v) is 9.51. The smallest absolute Gasteiger partial charge is 0.343 e. The molecular formula is C31H24Cl2N2O3. The van der Waals surface area contributed by atoms with E-state index >= 15 is 0 Å². The normalized spacial score (nSPS) is 11.5. The van der Waals surface area contributed by atoms with Crippen molar-refractivity contribution in [3.05, 3.63) is 130 Å². The van der Waals surface area contributed by atoms with E-state index in [-0.39, 0.29) is 0 Å². The number of aromatic nitrogens is 2. The SMILES string of the molecule is Cc1ccccc1OCCn1c(/C=C(\OC(=O)c2ccc(Cl)cc2)c2ccc(Cl)cc2)nc2ccccc21. The van der Waals surface area contributed by atoms with Crippen molar-refractivity contribution in [2.45, 2.75) is 13.5 Å². The van der Waals surface area contributed by atoms with E-state index in [1.165, 1.54) is 0 Å². The van der Waals surface area contributed by atoms with E-state index in [0.717, 1.165) is 22.3 Å². The van der Waals surface area contributed by atoms with Crippen molar-refractivity contribution in [2.75, 3.05) is 6.61 Å². The summed E-state index contributed by atoms with van der Waals surface area (Å²) in [4.78, 5) is 17.9. The first kappa shape index (κ1) is 25.6. The highest BCUT2D eigenvalue weighted by Gasteiger charge is 2.16. The van der Waals surface area contributed by atoms with Gasteiger partial charge in [0.15, 0.2) is 0 Å². The molecule has 0 unspecified atom stereocenters. The first-order chi connectivity index (χ1) is 18.5. The third kappa shape index (κ3) is 5.91. The number of para-hydroxylation sites is 3. The fourth-order valence-electron chi connectivity index (χ4n) is 4.05. The molecule has 0 atom stereocenters. The van der Waals surface area contributed by atoms with E-state index < -0.39 is 5.97 Å². The Balaban J connectivity index is 1.51. The molecule has 0 saturated heterocycles. The van der Waals surface area contributed by atoms with Gasteiger partial charge in [0.2, 0.25) is 0 Å². The van der Waals surface area contributed by atoms with Crippen molar-refractivity contribution >= 4 is 52.0 Å². The molecule has 0 N–H and O–H groups in total. The van der Waals surface area contributed by atoms with E-state index in [9.17, 15) is 4.79 Å². The average Bonchev–Trinajstić information content (AvgIpc) is 3.27. The summed E-state index contributed by atoms with van der Waals surface area (Å²) in [5.41, 5.74) is 3.92. The van der Waals surface area contributed by atoms with Crippen LogP contribution in [0.2, 0.25) is 10.0 Å². The zero-order valence-electron chi connectivity index (χ0n) is 20.6. The highest BCUT2D eigenvalue weighted by atomic mass is 35.5. The van der Waals surface area contributed by atoms with Gasteiger partial charge in [0.25, 0.3) is 0 Å². The van der Waals surface area contributed by atoms with Crippen LogP contribution in [0.4, 0.5) is 0 Å². The second kappa shape index (κ2) is 11.5. The summed E-state index contributed by atoms with van der Waals surface area (Å²) >= 11 is 12.1. The summed E-state index contributed by atoms with van der Waals surface area (Å²) < 4.78 is 14.0. The quantitative estimate of drug-likeness (QED) is 0.147. The largest absolute Gasteiger partial charge is 0.491 e. The minimum atomic E-state index is -0.506. The molecule has 5 aromatic rings. The summed E-state index contributed by atoms with van der Waals surface area (Å²) in [5.74, 6) is 1.31. The second-order valence-electron chi connectivity index (χ2n) is 8.64. The molecule has 7 heteroatoms. The number of carbonyl (C=O) groups excluding carboxylic acids is 1. The highest BCUT2D eigenvalue weighted by Crippen LogP contribution is 2.26. The summed E-state index contributed by atoms with van der Waals surface area (Å²) in [5, 5.41) is 1.12. The van der Waals surface area contributed by atoms with Crippen LogP contribution in [0.1, 0.15) is 27.3 Å². The Hall–Kier alpha value is -4.06. The summed E-state index contributed by atoms with van der Waals surface area (Å²) in [6.07, 6.45) is 1.77. The topological polar surface area (TPSA) is 53.4 Å². The maximum Gasteiger partial charge on any atom is 0.343 e. The number of esters is 1. The maximum absolute atomic E-state index is 13.0. The Labute approximate surface area is 230 Å². The van der Waals surface area contributed by atoms with Crippen molar-refractivity contribution in [1.82, 2.24) is 9.55 Å². The fraction of sp³-hybridized carbons (Fsp3) is 0.0968. The number of nitrogens with zero attached hydrogens (tertiary/aromatic N) is 2. The molecule has 0 radical (unpaired) electrons. The third-order valence-electron chi connectivity index (χ3n) is 6.02. The van der Waals surface area contributed by atoms with Gasteiger partial charge in [-0.25, -0.2) is 9.78 Å². The van der Waals surface area contributed by atoms with Gasteiger partial charge in [-0.05, 0) is 79.2 Å². The molecular weight excluding hydrogens is 519 g/mol. The Kier molecular flexibility index (Phi) is 7.78. The number of hydrogen-bond acceptors (Lipinski definition) is 4. The number of imidazole rings is 1. The summed E-state index contributed by atoms with van der Waals surface area (Å²) in [6, 6.07) is 29.4. The Morgan fingerprint density at radius 1 is 0.842 bits per heavy atom. The molecule has 0 saturated carbocycles. The van der Waals surface area contributed by atoms with Gasteiger partial charge in [0, 0.05) is 21.7 Å². The lowest BCUT2D eigenvalue weighted by Gasteiger charge is -2.13. The molecule has 0 aliphatic heterocycles. The van der Waals surface area contributed by atoms with Crippen molar-refractivity contribution < 1.29 is 14.3 Å². The average molecular weight is 543 g/mol. The zero-order valence-corrected chi connectivity index (χ0v) is 22.1. The van der Waals surface area contributed by atoms with Crippen LogP contribution in [0.15, 0.2) is 97.1 Å². The molecule has 1 heterocycles. The molecule has 0 spiro atoms. The van der Waals surface area contributed by atoms with Crippen LogP contribution in [-0.2, 0) is 11.3 Å². The number of aryl methyl sites for hydroxylation is 1. The van der Waals surface area contributed by atoms with Crippen molar-refractivity contribution in [2.24, 2.45) is 0 Å². The summed E-state index contributed by atoms with van der Waals surface area (Å²) in [6.45, 7) is 3.00. The maximum atomic E-state index is 13.0. The zero-order chi connectivity index (χ0) is 26.5. The molecule has 0 aliphatic carbocycles. The van der Waals surface area contributed by atoms with Crippen molar-refractivity contribution in [3.8, 4) is 5.75 Å². The molecule has 0 fully saturated rings. The van der Waals surface area contributed by atoms with Gasteiger partial charge in [-0.2, -0.15) is 0 Å². The lowest BCUT2D eigenvalue weighted by atomic mass is 10.1. The monoisotopic (exact) mass is 542 g/mol. The predicted octanol–water partition coefficient (Wildman–Crippen LogP) is 8.09. The molecule has 0 bridgehead atoms. The van der Waals surface area contributed by atoms with Crippen LogP contribution in [0, 0.1) is 6.92 Å². The van der Waals surface area contributed by atoms with Crippen molar-refractivity contribution in [3.63, 3.8) is 0 Å². The minimum Gasteiger partial charge on any atom is -0.491 e. The van der Waals surface area contributed by atoms with Gasteiger partial charge >= 0.3 is 5.97 Å². The number of fused-ring (bicyclic) bond motifs is 1. The van der Waals surface area contributed by atoms with Crippen LogP contribution >= 0.6 is 23.2 Å². The Morgan fingerprint density at radius 3 is 2.18 bits per heavy atom. The first-order valence-electron chi connectivity index (χ1n) is 12.1. The van der Waals surface area contributed by atoms with Crippen molar-refractivity contribution in [1.29, 1.82) is 0 Å². The Morgan fingerprint density at radius 2 is 1.47 bits per heavy atom. The number of benzene rings is 4. The highest BCUT2D eigenvalue weighted by molar-refractivity contribution is 6.31. The number of rotatable bonds is 8. The van der Waals surface area contributed by atoms with Crippen LogP contribution in [-0.4, -0.2) is 22.1 Å². The first-order valence-corrected chi connectivity index (χ1v) is 12.8. The minimum absolute atomic E-state index is 0.345. The standard InChI is InChI=1S/C31H24Cl2N2O3/c1-21-6-2-5-9-28(21)37-19-18-35-27-8-4-3-7-26(27)34-30(35)20-29(22-10-14-24(32)15-11-22)38-31(36)23-12-16-25(33)17-13-23/h2-17,20H,18-19H2,1H3/b29-20-. The van der Waals surface area contributed by atoms with Crippen LogP contribution in [0.25, 0.3) is 22.9 Å². The molecule has 5 rings (SSSR count). The van der Waals surface area contributed by atoms with Gasteiger partial charge in [-0.15, -0.1) is 0 Å². The van der Waals surface area contributed by atoms with Gasteiger partial charge in [0.1, 0.15) is 23.9 Å². The van der Waals surface area contributed by atoms with Gasteiger partial charge in [0.05, 0.1) is 23.1 Å². The fourth-order valence-corrected chi connectivity index (χ4v) is 4.30. The van der Waals surface area contributed by atoms with E-state index in [4.69, 9.17) is 37.7 Å². The molecule has 1 aromatic heterocycles. The molecule has 0 aliphatic rings. The van der Waals surface area contributed by atoms with Crippen LogP contribution in [0.5, 0.6) is 5.75 Å². The van der Waals surface area contributed by atoms with Gasteiger partial charge < -0.3 is 14.0 Å². The van der Waals surface area contributed by atoms with Gasteiger partial charge in [-0.1, -0.05) is 53.5 Å². The molecule has 5 nitrogen and oxygen atoms in total. The lowest BCUT2D eigenvalue weighted by Crippen LogP contribution is -2.11. The van der Waals surface area contributed by atoms with Crippen LogP contribution in [0.3, 0.4) is 0 Å². The van der Waals surface area contributed by atoms with Gasteiger partial charge in [-0.3, -0.25) is 0 Å².